The zero-order valence-corrected chi connectivity index (χ0v) is 15.4. The summed E-state index contributed by atoms with van der Waals surface area (Å²) in [5, 5.41) is 3.72. The molecule has 0 aliphatic carbocycles. The van der Waals surface area contributed by atoms with Crippen LogP contribution in [0.25, 0.3) is 22.2 Å². The predicted octanol–water partition coefficient (Wildman–Crippen LogP) is 4.82. The van der Waals surface area contributed by atoms with Gasteiger partial charge >= 0.3 is 5.97 Å². The maximum Gasteiger partial charge on any atom is 0.338 e. The number of cyclic esters (lactones) is 1. The van der Waals surface area contributed by atoms with E-state index in [-0.39, 0.29) is 18.5 Å². The van der Waals surface area contributed by atoms with Crippen molar-refractivity contribution in [3.05, 3.63) is 95.6 Å². The Labute approximate surface area is 167 Å². The maximum absolute atomic E-state index is 13.2. The molecule has 0 saturated carbocycles. The molecule has 1 amide bonds. The van der Waals surface area contributed by atoms with Gasteiger partial charge in [-0.25, -0.2) is 9.78 Å². The number of para-hydroxylation sites is 1. The highest BCUT2D eigenvalue weighted by molar-refractivity contribution is 6.13. The first-order chi connectivity index (χ1) is 14.2. The van der Waals surface area contributed by atoms with Crippen molar-refractivity contribution >= 4 is 28.5 Å². The Morgan fingerprint density at radius 1 is 0.931 bits per heavy atom. The Bertz CT molecular complexity index is 1270. The minimum Gasteiger partial charge on any atom is -0.457 e. The number of nitrogens with zero attached hydrogens (tertiary/aromatic N) is 1. The number of benzene rings is 3. The Morgan fingerprint density at radius 2 is 1.72 bits per heavy atom. The Balaban J connectivity index is 1.60. The summed E-state index contributed by atoms with van der Waals surface area (Å²) < 4.78 is 5.10. The van der Waals surface area contributed by atoms with Gasteiger partial charge in [0.2, 0.25) is 0 Å². The highest BCUT2D eigenvalue weighted by atomic mass is 16.5. The zero-order valence-electron chi connectivity index (χ0n) is 15.4. The molecule has 5 nitrogen and oxygen atoms in total. The van der Waals surface area contributed by atoms with Crippen LogP contribution in [0.1, 0.15) is 26.3 Å². The second-order valence-electron chi connectivity index (χ2n) is 6.80. The van der Waals surface area contributed by atoms with E-state index in [4.69, 9.17) is 9.72 Å². The van der Waals surface area contributed by atoms with Crippen molar-refractivity contribution in [1.29, 1.82) is 0 Å². The number of hydrogen-bond donors (Lipinski definition) is 1. The molecule has 0 unspecified atom stereocenters. The van der Waals surface area contributed by atoms with Crippen LogP contribution in [0.4, 0.5) is 5.69 Å². The van der Waals surface area contributed by atoms with E-state index in [1.807, 2.05) is 54.6 Å². The number of carbonyl (C=O) groups is 2. The summed E-state index contributed by atoms with van der Waals surface area (Å²) in [4.78, 5) is 29.8. The van der Waals surface area contributed by atoms with E-state index in [2.05, 4.69) is 5.32 Å². The number of rotatable bonds is 3. The second-order valence-corrected chi connectivity index (χ2v) is 6.80. The lowest BCUT2D eigenvalue weighted by Crippen LogP contribution is -2.14. The first-order valence-corrected chi connectivity index (χ1v) is 9.26. The van der Waals surface area contributed by atoms with Crippen LogP contribution in [0.15, 0.2) is 78.9 Å². The van der Waals surface area contributed by atoms with E-state index in [0.29, 0.717) is 22.4 Å². The number of anilines is 1. The lowest BCUT2D eigenvalue weighted by atomic mass is 10.0. The van der Waals surface area contributed by atoms with E-state index in [9.17, 15) is 9.59 Å². The molecule has 1 aromatic heterocycles. The van der Waals surface area contributed by atoms with Gasteiger partial charge in [0.1, 0.15) is 6.61 Å². The molecule has 3 aromatic carbocycles. The van der Waals surface area contributed by atoms with Crippen LogP contribution >= 0.6 is 0 Å². The van der Waals surface area contributed by atoms with Crippen molar-refractivity contribution in [2.24, 2.45) is 0 Å². The summed E-state index contributed by atoms with van der Waals surface area (Å²) in [6.45, 7) is 0.164. The largest absolute Gasteiger partial charge is 0.457 e. The van der Waals surface area contributed by atoms with E-state index in [1.54, 1.807) is 24.3 Å². The molecule has 5 rings (SSSR count). The Morgan fingerprint density at radius 3 is 2.59 bits per heavy atom. The van der Waals surface area contributed by atoms with E-state index in [1.165, 1.54) is 0 Å². The number of pyridine rings is 1. The van der Waals surface area contributed by atoms with Gasteiger partial charge in [0.25, 0.3) is 5.91 Å². The quantitative estimate of drug-likeness (QED) is 0.517. The first-order valence-electron chi connectivity index (χ1n) is 9.26. The van der Waals surface area contributed by atoms with Crippen LogP contribution in [-0.2, 0) is 11.3 Å². The fourth-order valence-corrected chi connectivity index (χ4v) is 3.58. The molecule has 1 aliphatic heterocycles. The van der Waals surface area contributed by atoms with Gasteiger partial charge in [-0.05, 0) is 24.3 Å². The lowest BCUT2D eigenvalue weighted by molar-refractivity contribution is 0.0535. The molecule has 0 saturated heterocycles. The molecule has 140 valence electrons. The summed E-state index contributed by atoms with van der Waals surface area (Å²) >= 11 is 0. The predicted molar refractivity (Wildman–Crippen MR) is 111 cm³/mol. The topological polar surface area (TPSA) is 68.3 Å². The van der Waals surface area contributed by atoms with Crippen molar-refractivity contribution in [3.63, 3.8) is 0 Å². The van der Waals surface area contributed by atoms with E-state index in [0.717, 1.165) is 22.2 Å². The monoisotopic (exact) mass is 380 g/mol. The van der Waals surface area contributed by atoms with Gasteiger partial charge in [0.15, 0.2) is 0 Å². The van der Waals surface area contributed by atoms with Gasteiger partial charge in [-0.1, -0.05) is 54.6 Å². The van der Waals surface area contributed by atoms with Gasteiger partial charge in [0, 0.05) is 22.2 Å². The van der Waals surface area contributed by atoms with Gasteiger partial charge in [-0.15, -0.1) is 0 Å². The van der Waals surface area contributed by atoms with Crippen molar-refractivity contribution in [2.45, 2.75) is 6.61 Å². The summed E-state index contributed by atoms with van der Waals surface area (Å²) in [5.41, 5.74) is 4.71. The standard InChI is InChI=1S/C24H16N2O3/c27-23(26-21-12-6-10-17-19(21)14-29-24(17)28)18-13-22(15-7-2-1-3-8-15)25-20-11-5-4-9-16(18)20/h1-13H,14H2,(H,26,27). The van der Waals surface area contributed by atoms with Crippen LogP contribution in [0.2, 0.25) is 0 Å². The second kappa shape index (κ2) is 6.87. The van der Waals surface area contributed by atoms with E-state index >= 15 is 0 Å². The van der Waals surface area contributed by atoms with Gasteiger partial charge in [-0.3, -0.25) is 4.79 Å². The number of ether oxygens (including phenoxy) is 1. The molecule has 4 aromatic rings. The smallest absolute Gasteiger partial charge is 0.338 e. The van der Waals surface area contributed by atoms with Crippen molar-refractivity contribution in [2.75, 3.05) is 5.32 Å². The average Bonchev–Trinajstić information content (AvgIpc) is 3.15. The molecule has 5 heteroatoms. The van der Waals surface area contributed by atoms with Crippen LogP contribution in [0.3, 0.4) is 0 Å². The van der Waals surface area contributed by atoms with Crippen LogP contribution in [0, 0.1) is 0 Å². The Kier molecular flexibility index (Phi) is 4.06. The molecule has 0 atom stereocenters. The molecule has 29 heavy (non-hydrogen) atoms. The summed E-state index contributed by atoms with van der Waals surface area (Å²) in [6, 6.07) is 24.3. The molecule has 1 N–H and O–H groups in total. The molecule has 1 aliphatic rings. The third-order valence-electron chi connectivity index (χ3n) is 5.02. The molecule has 2 heterocycles. The van der Waals surface area contributed by atoms with Gasteiger partial charge < -0.3 is 10.1 Å². The van der Waals surface area contributed by atoms with Crippen molar-refractivity contribution in [3.8, 4) is 11.3 Å². The Hall–Kier alpha value is -3.99. The normalized spacial score (nSPS) is 12.5. The molecule has 0 fully saturated rings. The SMILES string of the molecule is O=C1OCc2c(NC(=O)c3cc(-c4ccccc4)nc4ccccc34)cccc21. The molecule has 0 radical (unpaired) electrons. The highest BCUT2D eigenvalue weighted by Crippen LogP contribution is 2.29. The number of nitrogens with one attached hydrogen (secondary N) is 1. The zero-order chi connectivity index (χ0) is 19.8. The maximum atomic E-state index is 13.2. The van der Waals surface area contributed by atoms with Crippen LogP contribution < -0.4 is 5.32 Å². The minimum atomic E-state index is -0.364. The number of esters is 1. The number of hydrogen-bond acceptors (Lipinski definition) is 4. The van der Waals surface area contributed by atoms with Crippen LogP contribution in [0.5, 0.6) is 0 Å². The third kappa shape index (κ3) is 3.02. The molecule has 0 bridgehead atoms. The van der Waals surface area contributed by atoms with Gasteiger partial charge in [-0.2, -0.15) is 0 Å². The van der Waals surface area contributed by atoms with Crippen LogP contribution in [-0.4, -0.2) is 16.9 Å². The molecular formula is C24H16N2O3. The fourth-order valence-electron chi connectivity index (χ4n) is 3.58. The van der Waals surface area contributed by atoms with Crippen molar-refractivity contribution in [1.82, 2.24) is 4.98 Å². The first kappa shape index (κ1) is 17.1. The number of aromatic nitrogens is 1. The molecular weight excluding hydrogens is 364 g/mol. The van der Waals surface area contributed by atoms with E-state index < -0.39 is 0 Å². The summed E-state index contributed by atoms with van der Waals surface area (Å²) in [5.74, 6) is -0.620. The summed E-state index contributed by atoms with van der Waals surface area (Å²) in [6.07, 6.45) is 0. The number of amides is 1. The lowest BCUT2D eigenvalue weighted by Gasteiger charge is -2.12. The molecule has 0 spiro atoms. The fraction of sp³-hybridized carbons (Fsp3) is 0.0417. The third-order valence-corrected chi connectivity index (χ3v) is 5.02. The minimum absolute atomic E-state index is 0.164. The van der Waals surface area contributed by atoms with Crippen molar-refractivity contribution < 1.29 is 14.3 Å². The van der Waals surface area contributed by atoms with Gasteiger partial charge in [0.05, 0.1) is 22.3 Å². The number of carbonyl (C=O) groups excluding carboxylic acids is 2. The average molecular weight is 380 g/mol. The highest BCUT2D eigenvalue weighted by Gasteiger charge is 2.25. The summed E-state index contributed by atoms with van der Waals surface area (Å²) in [7, 11) is 0. The number of fused-ring (bicyclic) bond motifs is 2.